The van der Waals surface area contributed by atoms with Gasteiger partial charge in [0.15, 0.2) is 0 Å². The zero-order valence-electron chi connectivity index (χ0n) is 13.0. The number of likely N-dealkylation sites (N-methyl/N-ethyl adjacent to an activating group) is 1. The van der Waals surface area contributed by atoms with Crippen molar-refractivity contribution in [1.82, 2.24) is 5.32 Å². The fraction of sp³-hybridized carbons (Fsp3) is 0.625. The lowest BCUT2D eigenvalue weighted by molar-refractivity contribution is -0.0573. The van der Waals surface area contributed by atoms with Crippen LogP contribution in [0.1, 0.15) is 31.4 Å². The number of halogens is 1. The van der Waals surface area contributed by atoms with Crippen molar-refractivity contribution in [3.05, 3.63) is 29.6 Å². The van der Waals surface area contributed by atoms with Crippen molar-refractivity contribution >= 4 is 5.69 Å². The molecule has 0 aliphatic carbocycles. The maximum atomic E-state index is 14.3. The van der Waals surface area contributed by atoms with E-state index in [0.29, 0.717) is 38.3 Å². The molecule has 1 unspecified atom stereocenters. The molecule has 21 heavy (non-hydrogen) atoms. The van der Waals surface area contributed by atoms with Gasteiger partial charge in [-0.05, 0) is 25.6 Å². The highest BCUT2D eigenvalue weighted by Gasteiger charge is 2.32. The molecule has 1 aliphatic heterocycles. The number of nitrogens with one attached hydrogen (secondary N) is 1. The first-order valence-electron chi connectivity index (χ1n) is 7.44. The summed E-state index contributed by atoms with van der Waals surface area (Å²) in [5.41, 5.74) is 0.644. The fourth-order valence-corrected chi connectivity index (χ4v) is 2.87. The topological polar surface area (TPSA) is 44.7 Å². The third-order valence-electron chi connectivity index (χ3n) is 4.25. The van der Waals surface area contributed by atoms with Gasteiger partial charge in [0, 0.05) is 45.7 Å². The molecule has 0 bridgehead atoms. The average Bonchev–Trinajstić information content (AvgIpc) is 2.46. The van der Waals surface area contributed by atoms with Gasteiger partial charge in [-0.2, -0.15) is 0 Å². The van der Waals surface area contributed by atoms with E-state index in [-0.39, 0.29) is 11.9 Å². The van der Waals surface area contributed by atoms with Crippen LogP contribution in [0.2, 0.25) is 0 Å². The Morgan fingerprint density at radius 1 is 1.43 bits per heavy atom. The van der Waals surface area contributed by atoms with Gasteiger partial charge < -0.3 is 20.1 Å². The fourth-order valence-electron chi connectivity index (χ4n) is 2.87. The third-order valence-corrected chi connectivity index (χ3v) is 4.25. The highest BCUT2D eigenvalue weighted by molar-refractivity contribution is 5.56. The van der Waals surface area contributed by atoms with E-state index >= 15 is 0 Å². The first kappa shape index (κ1) is 16.2. The van der Waals surface area contributed by atoms with E-state index in [4.69, 9.17) is 4.74 Å². The number of anilines is 1. The summed E-state index contributed by atoms with van der Waals surface area (Å²) in [7, 11) is 3.68. The molecule has 1 fully saturated rings. The Morgan fingerprint density at radius 2 is 2.10 bits per heavy atom. The molecule has 1 aromatic carbocycles. The van der Waals surface area contributed by atoms with Gasteiger partial charge in [-0.25, -0.2) is 4.39 Å². The van der Waals surface area contributed by atoms with Crippen molar-refractivity contribution in [2.75, 3.05) is 38.8 Å². The standard InChI is InChI=1S/C16H25FN2O2/c1-12(18-2)13-5-4-6-14(17)15(13)19(3)11-16(20)7-9-21-10-8-16/h4-6,12,18,20H,7-11H2,1-3H3. The summed E-state index contributed by atoms with van der Waals surface area (Å²) < 4.78 is 19.6. The third kappa shape index (κ3) is 3.73. The van der Waals surface area contributed by atoms with Crippen LogP contribution in [0.3, 0.4) is 0 Å². The Hall–Kier alpha value is -1.17. The van der Waals surface area contributed by atoms with Crippen LogP contribution < -0.4 is 10.2 Å². The minimum atomic E-state index is -0.810. The van der Waals surface area contributed by atoms with Crippen LogP contribution in [0.25, 0.3) is 0 Å². The summed E-state index contributed by atoms with van der Waals surface area (Å²) in [4.78, 5) is 1.82. The Bertz CT molecular complexity index is 475. The van der Waals surface area contributed by atoms with Crippen LogP contribution >= 0.6 is 0 Å². The van der Waals surface area contributed by atoms with Gasteiger partial charge in [0.1, 0.15) is 5.82 Å². The highest BCUT2D eigenvalue weighted by Crippen LogP contribution is 2.31. The van der Waals surface area contributed by atoms with Crippen LogP contribution in [0, 0.1) is 5.82 Å². The van der Waals surface area contributed by atoms with Crippen molar-refractivity contribution in [2.45, 2.75) is 31.4 Å². The second-order valence-electron chi connectivity index (χ2n) is 5.88. The molecule has 0 spiro atoms. The van der Waals surface area contributed by atoms with E-state index in [1.807, 2.05) is 32.0 Å². The molecule has 0 saturated carbocycles. The highest BCUT2D eigenvalue weighted by atomic mass is 19.1. The number of para-hydroxylation sites is 1. The van der Waals surface area contributed by atoms with Gasteiger partial charge in [0.25, 0.3) is 0 Å². The SMILES string of the molecule is CNC(C)c1cccc(F)c1N(C)CC1(O)CCOCC1. The van der Waals surface area contributed by atoms with Crippen LogP contribution in [-0.4, -0.2) is 44.6 Å². The number of ether oxygens (including phenoxy) is 1. The monoisotopic (exact) mass is 296 g/mol. The van der Waals surface area contributed by atoms with Crippen LogP contribution in [-0.2, 0) is 4.74 Å². The van der Waals surface area contributed by atoms with Gasteiger partial charge >= 0.3 is 0 Å². The number of hydrogen-bond acceptors (Lipinski definition) is 4. The molecule has 0 radical (unpaired) electrons. The largest absolute Gasteiger partial charge is 0.388 e. The lowest BCUT2D eigenvalue weighted by Gasteiger charge is -2.37. The van der Waals surface area contributed by atoms with Crippen molar-refractivity contribution in [3.63, 3.8) is 0 Å². The first-order valence-corrected chi connectivity index (χ1v) is 7.44. The van der Waals surface area contributed by atoms with E-state index < -0.39 is 5.60 Å². The first-order chi connectivity index (χ1) is 9.97. The lowest BCUT2D eigenvalue weighted by Crippen LogP contribution is -2.46. The maximum Gasteiger partial charge on any atom is 0.146 e. The lowest BCUT2D eigenvalue weighted by atomic mass is 9.93. The van der Waals surface area contributed by atoms with E-state index in [0.717, 1.165) is 5.56 Å². The Balaban J connectivity index is 2.23. The molecular weight excluding hydrogens is 271 g/mol. The molecule has 1 saturated heterocycles. The summed E-state index contributed by atoms with van der Waals surface area (Å²) in [6.45, 7) is 3.51. The smallest absolute Gasteiger partial charge is 0.146 e. The molecule has 2 N–H and O–H groups in total. The van der Waals surface area contributed by atoms with Crippen molar-refractivity contribution in [3.8, 4) is 0 Å². The normalized spacial score (nSPS) is 19.3. The predicted molar refractivity (Wildman–Crippen MR) is 82.1 cm³/mol. The van der Waals surface area contributed by atoms with Gasteiger partial charge in [-0.1, -0.05) is 12.1 Å². The summed E-state index contributed by atoms with van der Waals surface area (Å²) in [5.74, 6) is -0.257. The second-order valence-corrected chi connectivity index (χ2v) is 5.88. The number of nitrogens with zero attached hydrogens (tertiary/aromatic N) is 1. The Kier molecular flexibility index (Phi) is 5.19. The van der Waals surface area contributed by atoms with Gasteiger partial charge in [0.2, 0.25) is 0 Å². The molecule has 4 nitrogen and oxygen atoms in total. The zero-order chi connectivity index (χ0) is 15.5. The molecular formula is C16H25FN2O2. The molecule has 1 atom stereocenters. The summed E-state index contributed by atoms with van der Waals surface area (Å²) in [6.07, 6.45) is 1.17. The zero-order valence-corrected chi connectivity index (χ0v) is 13.0. The Morgan fingerprint density at radius 3 is 2.71 bits per heavy atom. The van der Waals surface area contributed by atoms with Crippen LogP contribution in [0.15, 0.2) is 18.2 Å². The molecule has 0 aromatic heterocycles. The predicted octanol–water partition coefficient (Wildman–Crippen LogP) is 2.08. The van der Waals surface area contributed by atoms with Gasteiger partial charge in [-0.15, -0.1) is 0 Å². The quantitative estimate of drug-likeness (QED) is 0.873. The van der Waals surface area contributed by atoms with Gasteiger partial charge in [0.05, 0.1) is 11.3 Å². The second kappa shape index (κ2) is 6.73. The van der Waals surface area contributed by atoms with Crippen LogP contribution in [0.4, 0.5) is 10.1 Å². The molecule has 2 rings (SSSR count). The minimum absolute atomic E-state index is 0.0440. The summed E-state index contributed by atoms with van der Waals surface area (Å²) in [6, 6.07) is 5.15. The molecule has 1 aromatic rings. The molecule has 1 heterocycles. The summed E-state index contributed by atoms with van der Waals surface area (Å²) in [5, 5.41) is 13.8. The number of rotatable bonds is 5. The molecule has 5 heteroatoms. The molecule has 1 aliphatic rings. The average molecular weight is 296 g/mol. The molecule has 0 amide bonds. The Labute approximate surface area is 125 Å². The van der Waals surface area contributed by atoms with E-state index in [1.165, 1.54) is 6.07 Å². The van der Waals surface area contributed by atoms with Crippen molar-refractivity contribution in [2.24, 2.45) is 0 Å². The molecule has 118 valence electrons. The van der Waals surface area contributed by atoms with Gasteiger partial charge in [-0.3, -0.25) is 0 Å². The van der Waals surface area contributed by atoms with Crippen molar-refractivity contribution < 1.29 is 14.2 Å². The number of benzene rings is 1. The van der Waals surface area contributed by atoms with Crippen molar-refractivity contribution in [1.29, 1.82) is 0 Å². The number of hydrogen-bond donors (Lipinski definition) is 2. The summed E-state index contributed by atoms with van der Waals surface area (Å²) >= 11 is 0. The number of aliphatic hydroxyl groups is 1. The maximum absolute atomic E-state index is 14.3. The van der Waals surface area contributed by atoms with E-state index in [2.05, 4.69) is 5.32 Å². The van der Waals surface area contributed by atoms with E-state index in [1.54, 1.807) is 6.07 Å². The van der Waals surface area contributed by atoms with Crippen LogP contribution in [0.5, 0.6) is 0 Å². The van der Waals surface area contributed by atoms with E-state index in [9.17, 15) is 9.50 Å². The minimum Gasteiger partial charge on any atom is -0.388 e.